The minimum absolute atomic E-state index is 0.0485. The monoisotopic (exact) mass is 303 g/mol. The van der Waals surface area contributed by atoms with Crippen molar-refractivity contribution < 1.29 is 24.5 Å². The lowest BCUT2D eigenvalue weighted by molar-refractivity contribution is -0.149. The molecule has 0 bridgehead atoms. The maximum absolute atomic E-state index is 11.7. The fraction of sp³-hybridized carbons (Fsp3) is 0.867. The Labute approximate surface area is 126 Å². The number of carbonyl (C=O) groups excluding carboxylic acids is 1. The van der Waals surface area contributed by atoms with E-state index >= 15 is 0 Å². The molecule has 0 aromatic rings. The molecule has 0 saturated heterocycles. The van der Waals surface area contributed by atoms with Gasteiger partial charge in [0.25, 0.3) is 0 Å². The van der Waals surface area contributed by atoms with Crippen LogP contribution in [0.25, 0.3) is 0 Å². The number of nitrogens with one attached hydrogen (secondary N) is 1. The quantitative estimate of drug-likeness (QED) is 0.569. The van der Waals surface area contributed by atoms with Crippen LogP contribution in [-0.4, -0.2) is 41.0 Å². The van der Waals surface area contributed by atoms with Crippen molar-refractivity contribution in [3.05, 3.63) is 0 Å². The van der Waals surface area contributed by atoms with Crippen molar-refractivity contribution in [3.8, 4) is 0 Å². The minimum Gasteiger partial charge on any atom is -0.481 e. The van der Waals surface area contributed by atoms with Gasteiger partial charge in [0.15, 0.2) is 0 Å². The summed E-state index contributed by atoms with van der Waals surface area (Å²) in [6, 6.07) is 0. The van der Waals surface area contributed by atoms with Crippen LogP contribution in [-0.2, 0) is 9.53 Å². The first-order valence-corrected chi connectivity index (χ1v) is 7.48. The summed E-state index contributed by atoms with van der Waals surface area (Å²) in [5.74, 6) is -0.912. The molecule has 1 amide bonds. The van der Waals surface area contributed by atoms with Crippen molar-refractivity contribution in [2.45, 2.75) is 65.4 Å². The van der Waals surface area contributed by atoms with Gasteiger partial charge in [0.1, 0.15) is 5.60 Å². The second-order valence-corrected chi connectivity index (χ2v) is 6.33. The summed E-state index contributed by atoms with van der Waals surface area (Å²) in [5.41, 5.74) is -1.59. The number of aliphatic hydroxyl groups is 1. The average Bonchev–Trinajstić information content (AvgIpc) is 2.36. The third-order valence-electron chi connectivity index (χ3n) is 3.41. The molecule has 124 valence electrons. The molecule has 1 unspecified atom stereocenters. The molecular formula is C15H29NO5. The molecular weight excluding hydrogens is 274 g/mol. The van der Waals surface area contributed by atoms with Crippen molar-refractivity contribution in [2.24, 2.45) is 5.41 Å². The van der Waals surface area contributed by atoms with Crippen LogP contribution in [0.5, 0.6) is 0 Å². The molecule has 1 atom stereocenters. The molecule has 3 N–H and O–H groups in total. The Balaban J connectivity index is 4.54. The van der Waals surface area contributed by atoms with Crippen LogP contribution in [0.3, 0.4) is 0 Å². The molecule has 0 heterocycles. The van der Waals surface area contributed by atoms with Crippen molar-refractivity contribution >= 4 is 12.1 Å². The van der Waals surface area contributed by atoms with Gasteiger partial charge in [-0.2, -0.15) is 0 Å². The van der Waals surface area contributed by atoms with Gasteiger partial charge in [0.05, 0.1) is 5.41 Å². The first kappa shape index (κ1) is 19.7. The third-order valence-corrected chi connectivity index (χ3v) is 3.41. The van der Waals surface area contributed by atoms with E-state index in [4.69, 9.17) is 9.84 Å². The van der Waals surface area contributed by atoms with E-state index in [0.29, 0.717) is 25.7 Å². The SMILES string of the molecule is CCC(CCCCCO)(CNC(=O)OC(C)(C)C)C(=O)O. The zero-order chi connectivity index (χ0) is 16.5. The number of aliphatic carboxylic acids is 1. The van der Waals surface area contributed by atoms with Gasteiger partial charge < -0.3 is 20.3 Å². The molecule has 21 heavy (non-hydrogen) atoms. The molecule has 6 nitrogen and oxygen atoms in total. The highest BCUT2D eigenvalue weighted by Gasteiger charge is 2.36. The standard InChI is InChI=1S/C15H29NO5/c1-5-15(12(18)19,9-7-6-8-10-17)11-16-13(20)21-14(2,3)4/h17H,5-11H2,1-4H3,(H,16,20)(H,18,19). The highest BCUT2D eigenvalue weighted by molar-refractivity contribution is 5.76. The minimum atomic E-state index is -0.980. The normalized spacial score (nSPS) is 14.3. The molecule has 0 saturated carbocycles. The van der Waals surface area contributed by atoms with Crippen LogP contribution >= 0.6 is 0 Å². The van der Waals surface area contributed by atoms with Gasteiger partial charge in [-0.3, -0.25) is 4.79 Å². The second-order valence-electron chi connectivity index (χ2n) is 6.33. The zero-order valence-electron chi connectivity index (χ0n) is 13.6. The van der Waals surface area contributed by atoms with E-state index in [1.165, 1.54) is 0 Å². The molecule has 0 aliphatic carbocycles. The number of amides is 1. The Morgan fingerprint density at radius 2 is 1.76 bits per heavy atom. The summed E-state index contributed by atoms with van der Waals surface area (Å²) in [6.45, 7) is 7.23. The summed E-state index contributed by atoms with van der Waals surface area (Å²) in [5, 5.41) is 20.8. The fourth-order valence-electron chi connectivity index (χ4n) is 2.03. The molecule has 0 aromatic carbocycles. The number of hydrogen-bond donors (Lipinski definition) is 3. The number of unbranched alkanes of at least 4 members (excludes halogenated alkanes) is 2. The van der Waals surface area contributed by atoms with Crippen molar-refractivity contribution in [1.29, 1.82) is 0 Å². The van der Waals surface area contributed by atoms with E-state index < -0.39 is 23.1 Å². The van der Waals surface area contributed by atoms with Gasteiger partial charge in [0.2, 0.25) is 0 Å². The van der Waals surface area contributed by atoms with Crippen LogP contribution < -0.4 is 5.32 Å². The maximum Gasteiger partial charge on any atom is 0.407 e. The van der Waals surface area contributed by atoms with Crippen molar-refractivity contribution in [1.82, 2.24) is 5.32 Å². The first-order chi connectivity index (χ1) is 9.67. The van der Waals surface area contributed by atoms with Crippen LogP contribution in [0.15, 0.2) is 0 Å². The van der Waals surface area contributed by atoms with Crippen LogP contribution in [0, 0.1) is 5.41 Å². The van der Waals surface area contributed by atoms with Gasteiger partial charge in [-0.15, -0.1) is 0 Å². The van der Waals surface area contributed by atoms with Crippen molar-refractivity contribution in [2.75, 3.05) is 13.2 Å². The predicted molar refractivity (Wildman–Crippen MR) is 80.2 cm³/mol. The topological polar surface area (TPSA) is 95.9 Å². The molecule has 0 aliphatic heterocycles. The van der Waals surface area contributed by atoms with E-state index in [2.05, 4.69) is 5.32 Å². The maximum atomic E-state index is 11.7. The summed E-state index contributed by atoms with van der Waals surface area (Å²) < 4.78 is 5.12. The number of carboxylic acids is 1. The Kier molecular flexibility index (Phi) is 8.32. The van der Waals surface area contributed by atoms with Crippen molar-refractivity contribution in [3.63, 3.8) is 0 Å². The number of alkyl carbamates (subject to hydrolysis) is 1. The Morgan fingerprint density at radius 1 is 1.14 bits per heavy atom. The molecule has 0 fully saturated rings. The average molecular weight is 303 g/mol. The van der Waals surface area contributed by atoms with Gasteiger partial charge >= 0.3 is 12.1 Å². The number of hydrogen-bond acceptors (Lipinski definition) is 4. The molecule has 0 aromatic heterocycles. The van der Waals surface area contributed by atoms with Gasteiger partial charge in [0, 0.05) is 13.2 Å². The molecule has 0 radical (unpaired) electrons. The zero-order valence-corrected chi connectivity index (χ0v) is 13.6. The molecule has 6 heteroatoms. The molecule has 0 aliphatic rings. The third kappa shape index (κ3) is 7.90. The number of carbonyl (C=O) groups is 2. The van der Waals surface area contributed by atoms with Gasteiger partial charge in [-0.05, 0) is 40.0 Å². The van der Waals surface area contributed by atoms with E-state index in [9.17, 15) is 14.7 Å². The van der Waals surface area contributed by atoms with Crippen LogP contribution in [0.2, 0.25) is 0 Å². The van der Waals surface area contributed by atoms with Gasteiger partial charge in [-0.1, -0.05) is 19.8 Å². The number of carboxylic acid groups (broad SMARTS) is 1. The number of rotatable bonds is 9. The lowest BCUT2D eigenvalue weighted by Gasteiger charge is -2.29. The second kappa shape index (κ2) is 8.87. The molecule has 0 spiro atoms. The summed E-state index contributed by atoms with van der Waals surface area (Å²) in [4.78, 5) is 23.2. The highest BCUT2D eigenvalue weighted by Crippen LogP contribution is 2.29. The van der Waals surface area contributed by atoms with E-state index in [0.717, 1.165) is 6.42 Å². The fourth-order valence-corrected chi connectivity index (χ4v) is 2.03. The first-order valence-electron chi connectivity index (χ1n) is 7.48. The highest BCUT2D eigenvalue weighted by atomic mass is 16.6. The van der Waals surface area contributed by atoms with E-state index in [1.807, 2.05) is 0 Å². The lowest BCUT2D eigenvalue weighted by Crippen LogP contribution is -2.44. The Bertz CT molecular complexity index is 337. The summed E-state index contributed by atoms with van der Waals surface area (Å²) >= 11 is 0. The molecule has 0 rings (SSSR count). The van der Waals surface area contributed by atoms with E-state index in [1.54, 1.807) is 27.7 Å². The lowest BCUT2D eigenvalue weighted by atomic mass is 9.80. The summed E-state index contributed by atoms with van der Waals surface area (Å²) in [7, 11) is 0. The number of ether oxygens (including phenoxy) is 1. The Hall–Kier alpha value is -1.30. The smallest absolute Gasteiger partial charge is 0.407 e. The number of aliphatic hydroxyl groups excluding tert-OH is 1. The van der Waals surface area contributed by atoms with E-state index in [-0.39, 0.29) is 13.2 Å². The van der Waals surface area contributed by atoms with Crippen LogP contribution in [0.4, 0.5) is 4.79 Å². The Morgan fingerprint density at radius 3 is 2.19 bits per heavy atom. The largest absolute Gasteiger partial charge is 0.481 e. The predicted octanol–water partition coefficient (Wildman–Crippen LogP) is 2.54. The van der Waals surface area contributed by atoms with Crippen LogP contribution in [0.1, 0.15) is 59.8 Å². The van der Waals surface area contributed by atoms with Gasteiger partial charge in [-0.25, -0.2) is 4.79 Å². The summed E-state index contributed by atoms with van der Waals surface area (Å²) in [6.07, 6.45) is 2.44.